The van der Waals surface area contributed by atoms with Crippen molar-refractivity contribution in [3.8, 4) is 0 Å². The van der Waals surface area contributed by atoms with Gasteiger partial charge in [0, 0.05) is 24.2 Å². The predicted octanol–water partition coefficient (Wildman–Crippen LogP) is 11.5. The second-order valence-electron chi connectivity index (χ2n) is 22.1. The standard InChI is InChI=1S/C54H90O10/c1-10-12-14-16-18-20-21-22-23-25-26-28-30-32-41(55)61-36-52-47(64-52)43-44-50(8,9)53(44,63-42(56)33-31-29-27-24-19-17-15-13-11-2)35-39(6)51(45(43)57)34-38(5)46(54(51,60)49(52)59)62-48(58)40(7)37(3)4/h34,37,39-40,43-44,46-47,49,59-60H,10-33,35-36H2,1-9H3. The molecule has 1 saturated heterocycles. The highest BCUT2D eigenvalue weighted by Gasteiger charge is 2.90. The number of ketones is 1. The quantitative estimate of drug-likeness (QED) is 0.0235. The van der Waals surface area contributed by atoms with Gasteiger partial charge >= 0.3 is 17.9 Å². The number of hydrogen-bond acceptors (Lipinski definition) is 10. The van der Waals surface area contributed by atoms with Crippen LogP contribution in [0.25, 0.3) is 0 Å². The molecular formula is C54H90O10. The smallest absolute Gasteiger partial charge is 0.309 e. The minimum absolute atomic E-state index is 0.0556. The number of Topliss-reactive ketones (excluding diaryl/α,β-unsaturated/α-hetero) is 1. The predicted molar refractivity (Wildman–Crippen MR) is 250 cm³/mol. The van der Waals surface area contributed by atoms with Crippen molar-refractivity contribution in [2.24, 2.45) is 40.4 Å². The van der Waals surface area contributed by atoms with Crippen LogP contribution in [0.4, 0.5) is 0 Å². The van der Waals surface area contributed by atoms with Crippen molar-refractivity contribution >= 4 is 23.7 Å². The largest absolute Gasteiger partial charge is 0.462 e. The average Bonchev–Trinajstić information content (AvgIpc) is 4.07. The van der Waals surface area contributed by atoms with Gasteiger partial charge in [-0.05, 0) is 43.6 Å². The van der Waals surface area contributed by atoms with Crippen LogP contribution in [0.3, 0.4) is 0 Å². The molecule has 1 spiro atoms. The summed E-state index contributed by atoms with van der Waals surface area (Å²) in [5, 5.41) is 26.1. The first-order chi connectivity index (χ1) is 30.4. The minimum atomic E-state index is -2.35. The van der Waals surface area contributed by atoms with Gasteiger partial charge in [0.1, 0.15) is 24.4 Å². The Kier molecular flexibility index (Phi) is 18.7. The summed E-state index contributed by atoms with van der Waals surface area (Å²) in [5.41, 5.74) is -6.88. The lowest BCUT2D eigenvalue weighted by Gasteiger charge is -2.50. The number of aliphatic hydroxyl groups excluding tert-OH is 1. The first-order valence-electron chi connectivity index (χ1n) is 26.3. The normalized spacial score (nSPS) is 33.6. The zero-order chi connectivity index (χ0) is 46.9. The zero-order valence-electron chi connectivity index (χ0n) is 41.7. The van der Waals surface area contributed by atoms with E-state index in [-0.39, 0.29) is 43.5 Å². The number of epoxide rings is 1. The van der Waals surface area contributed by atoms with Crippen LogP contribution in [-0.4, -0.2) is 75.6 Å². The Hall–Kier alpha value is -2.30. The van der Waals surface area contributed by atoms with Gasteiger partial charge in [-0.25, -0.2) is 0 Å². The Balaban J connectivity index is 1.29. The number of carbonyl (C=O) groups is 4. The molecule has 0 aromatic rings. The summed E-state index contributed by atoms with van der Waals surface area (Å²) >= 11 is 0. The third-order valence-corrected chi connectivity index (χ3v) is 17.0. The molecule has 5 rings (SSSR count). The molecule has 0 aromatic heterocycles. The lowest BCUT2D eigenvalue weighted by atomic mass is 9.58. The lowest BCUT2D eigenvalue weighted by Crippen LogP contribution is -2.68. The molecule has 64 heavy (non-hydrogen) atoms. The van der Waals surface area contributed by atoms with E-state index >= 15 is 4.79 Å². The number of hydrogen-bond donors (Lipinski definition) is 2. The van der Waals surface area contributed by atoms with Crippen LogP contribution in [-0.2, 0) is 38.1 Å². The van der Waals surface area contributed by atoms with Crippen molar-refractivity contribution < 1.29 is 48.3 Å². The maximum Gasteiger partial charge on any atom is 0.309 e. The van der Waals surface area contributed by atoms with E-state index in [0.29, 0.717) is 12.0 Å². The second-order valence-corrected chi connectivity index (χ2v) is 22.1. The van der Waals surface area contributed by atoms with E-state index in [0.717, 1.165) is 44.9 Å². The van der Waals surface area contributed by atoms with Gasteiger partial charge in [-0.1, -0.05) is 190 Å². The zero-order valence-corrected chi connectivity index (χ0v) is 41.7. The number of aliphatic hydroxyl groups is 2. The molecule has 2 N–H and O–H groups in total. The van der Waals surface area contributed by atoms with Gasteiger partial charge in [0.15, 0.2) is 23.1 Å². The molecule has 3 saturated carbocycles. The first kappa shape index (κ1) is 52.7. The van der Waals surface area contributed by atoms with Crippen LogP contribution in [0.2, 0.25) is 0 Å². The molecule has 0 aromatic carbocycles. The molecule has 1 aliphatic heterocycles. The first-order valence-corrected chi connectivity index (χ1v) is 26.3. The molecule has 0 radical (unpaired) electrons. The van der Waals surface area contributed by atoms with Crippen molar-refractivity contribution in [2.45, 2.75) is 258 Å². The average molecular weight is 899 g/mol. The molecule has 2 bridgehead atoms. The fourth-order valence-electron chi connectivity index (χ4n) is 12.5. The van der Waals surface area contributed by atoms with E-state index in [4.69, 9.17) is 18.9 Å². The van der Waals surface area contributed by atoms with Gasteiger partial charge < -0.3 is 29.2 Å². The fraction of sp³-hybridized carbons (Fsp3) is 0.889. The molecule has 4 aliphatic carbocycles. The van der Waals surface area contributed by atoms with E-state index in [9.17, 15) is 24.6 Å². The molecule has 11 atom stereocenters. The van der Waals surface area contributed by atoms with Crippen LogP contribution in [0, 0.1) is 40.4 Å². The lowest BCUT2D eigenvalue weighted by molar-refractivity contribution is -0.225. The molecule has 4 fully saturated rings. The van der Waals surface area contributed by atoms with Crippen LogP contribution >= 0.6 is 0 Å². The summed E-state index contributed by atoms with van der Waals surface area (Å²) in [5.74, 6) is -4.15. The Labute approximate surface area is 387 Å². The Morgan fingerprint density at radius 2 is 1.23 bits per heavy atom. The van der Waals surface area contributed by atoms with Gasteiger partial charge in [-0.3, -0.25) is 19.2 Å². The molecule has 0 amide bonds. The summed E-state index contributed by atoms with van der Waals surface area (Å²) in [6, 6.07) is 0. The maximum atomic E-state index is 15.6. The molecule has 11 unspecified atom stereocenters. The van der Waals surface area contributed by atoms with Gasteiger partial charge in [0.2, 0.25) is 0 Å². The van der Waals surface area contributed by atoms with Gasteiger partial charge in [0.05, 0.1) is 17.3 Å². The minimum Gasteiger partial charge on any atom is -0.462 e. The van der Waals surface area contributed by atoms with E-state index in [1.54, 1.807) is 19.9 Å². The molecule has 5 aliphatic rings. The van der Waals surface area contributed by atoms with Crippen molar-refractivity contribution in [1.29, 1.82) is 0 Å². The van der Waals surface area contributed by atoms with E-state index in [2.05, 4.69) is 13.8 Å². The third-order valence-electron chi connectivity index (χ3n) is 17.0. The van der Waals surface area contributed by atoms with Crippen LogP contribution in [0.15, 0.2) is 11.6 Å². The van der Waals surface area contributed by atoms with Crippen LogP contribution in [0.1, 0.15) is 223 Å². The summed E-state index contributed by atoms with van der Waals surface area (Å²) in [4.78, 5) is 56.5. The SMILES string of the molecule is CCCCCCCCCCCCCCCC(=O)OCC12OC1C1C(=O)C3(C=C(C)C(OC(=O)C(C)C(C)C)C3(O)C2O)C(C)CC2(OC(=O)CCCCCCCCCCC)C1C2(C)C. The monoisotopic (exact) mass is 899 g/mol. The van der Waals surface area contributed by atoms with Gasteiger partial charge in [0.25, 0.3) is 0 Å². The van der Waals surface area contributed by atoms with E-state index in [1.807, 2.05) is 34.6 Å². The second kappa shape index (κ2) is 22.7. The maximum absolute atomic E-state index is 15.6. The van der Waals surface area contributed by atoms with Crippen LogP contribution in [0.5, 0.6) is 0 Å². The van der Waals surface area contributed by atoms with Crippen molar-refractivity contribution in [2.75, 3.05) is 6.61 Å². The fourth-order valence-corrected chi connectivity index (χ4v) is 12.5. The highest BCUT2D eigenvalue weighted by molar-refractivity contribution is 5.95. The van der Waals surface area contributed by atoms with Crippen molar-refractivity contribution in [1.82, 2.24) is 0 Å². The Morgan fingerprint density at radius 1 is 0.766 bits per heavy atom. The molecule has 1 heterocycles. The molecule has 10 heteroatoms. The highest BCUT2D eigenvalue weighted by atomic mass is 16.7. The number of rotatable bonds is 30. The van der Waals surface area contributed by atoms with Crippen molar-refractivity contribution in [3.63, 3.8) is 0 Å². The summed E-state index contributed by atoms with van der Waals surface area (Å²) in [6.07, 6.45) is 24.1. The number of esters is 3. The summed E-state index contributed by atoms with van der Waals surface area (Å²) in [6.45, 7) is 17.4. The number of unbranched alkanes of at least 4 members (excludes halogenated alkanes) is 20. The van der Waals surface area contributed by atoms with E-state index < -0.39 is 81.6 Å². The summed E-state index contributed by atoms with van der Waals surface area (Å²) in [7, 11) is 0. The van der Waals surface area contributed by atoms with Crippen molar-refractivity contribution in [3.05, 3.63) is 11.6 Å². The Bertz CT molecular complexity index is 1600. The van der Waals surface area contributed by atoms with E-state index in [1.165, 1.54) is 89.9 Å². The topological polar surface area (TPSA) is 149 Å². The third kappa shape index (κ3) is 10.5. The number of ether oxygens (including phenoxy) is 4. The molecule has 10 nitrogen and oxygen atoms in total. The molecular weight excluding hydrogens is 809 g/mol. The Morgan fingerprint density at radius 3 is 1.72 bits per heavy atom. The van der Waals surface area contributed by atoms with Gasteiger partial charge in [-0.15, -0.1) is 0 Å². The summed E-state index contributed by atoms with van der Waals surface area (Å²) < 4.78 is 25.2. The van der Waals surface area contributed by atoms with Crippen LogP contribution < -0.4 is 0 Å². The van der Waals surface area contributed by atoms with Gasteiger partial charge in [-0.2, -0.15) is 0 Å². The molecule has 366 valence electrons. The number of fused-ring (bicyclic) bond motifs is 5. The number of carbonyl (C=O) groups excluding carboxylic acids is 4. The highest BCUT2D eigenvalue weighted by Crippen LogP contribution is 2.78.